The second kappa shape index (κ2) is 13.1. The van der Waals surface area contributed by atoms with Gasteiger partial charge >= 0.3 is 12.0 Å². The number of carbonyl (C=O) groups excluding carboxylic acids is 3. The average molecular weight is 483 g/mol. The van der Waals surface area contributed by atoms with Crippen LogP contribution < -0.4 is 21.3 Å². The van der Waals surface area contributed by atoms with Crippen LogP contribution >= 0.6 is 0 Å². The normalized spacial score (nSPS) is 11.7. The number of rotatable bonds is 11. The number of carboxylic acid groups (broad SMARTS) is 1. The van der Waals surface area contributed by atoms with Crippen LogP contribution in [-0.4, -0.2) is 47.5 Å². The number of urea groups is 1. The summed E-state index contributed by atoms with van der Waals surface area (Å²) < 4.78 is 0. The van der Waals surface area contributed by atoms with Gasteiger partial charge in [0.05, 0.1) is 19.0 Å². The summed E-state index contributed by atoms with van der Waals surface area (Å²) in [6, 6.07) is 16.1. The molecule has 0 aliphatic carbocycles. The fraction of sp³-hybridized carbons (Fsp3) is 0.385. The molecular formula is C26H34N4O5. The highest BCUT2D eigenvalue weighted by atomic mass is 16.4. The number of hydrogen-bond acceptors (Lipinski definition) is 4. The lowest BCUT2D eigenvalue weighted by Crippen LogP contribution is -2.46. The fourth-order valence-corrected chi connectivity index (χ4v) is 3.31. The van der Waals surface area contributed by atoms with E-state index in [1.807, 2.05) is 63.2 Å². The number of amides is 4. The minimum atomic E-state index is -1.05. The Morgan fingerprint density at radius 3 is 2.09 bits per heavy atom. The van der Waals surface area contributed by atoms with E-state index in [4.69, 9.17) is 0 Å². The van der Waals surface area contributed by atoms with Crippen LogP contribution in [0.5, 0.6) is 0 Å². The third-order valence-corrected chi connectivity index (χ3v) is 4.93. The zero-order chi connectivity index (χ0) is 25.8. The number of benzene rings is 2. The summed E-state index contributed by atoms with van der Waals surface area (Å²) in [5.74, 6) is -1.87. The molecule has 0 heterocycles. The molecule has 5 N–H and O–H groups in total. The van der Waals surface area contributed by atoms with Gasteiger partial charge in [0, 0.05) is 18.5 Å². The Morgan fingerprint density at radius 1 is 0.857 bits per heavy atom. The van der Waals surface area contributed by atoms with Gasteiger partial charge in [-0.2, -0.15) is 0 Å². The average Bonchev–Trinajstić information content (AvgIpc) is 2.79. The molecule has 2 aromatic rings. The highest BCUT2D eigenvalue weighted by molar-refractivity contribution is 5.85. The maximum atomic E-state index is 12.4. The van der Waals surface area contributed by atoms with Gasteiger partial charge in [0.15, 0.2) is 0 Å². The van der Waals surface area contributed by atoms with E-state index in [1.165, 1.54) is 0 Å². The van der Waals surface area contributed by atoms with E-state index in [2.05, 4.69) is 21.3 Å². The summed E-state index contributed by atoms with van der Waals surface area (Å²) in [5, 5.41) is 19.9. The fourth-order valence-electron chi connectivity index (χ4n) is 3.31. The van der Waals surface area contributed by atoms with Gasteiger partial charge in [-0.15, -0.1) is 0 Å². The Labute approximate surface area is 205 Å². The molecule has 9 nitrogen and oxygen atoms in total. The van der Waals surface area contributed by atoms with Gasteiger partial charge in [0.2, 0.25) is 11.8 Å². The van der Waals surface area contributed by atoms with Crippen molar-refractivity contribution in [2.45, 2.75) is 51.6 Å². The van der Waals surface area contributed by atoms with Crippen LogP contribution in [0.3, 0.4) is 0 Å². The number of carboxylic acids is 1. The van der Waals surface area contributed by atoms with Crippen molar-refractivity contribution in [3.8, 4) is 11.1 Å². The topological polar surface area (TPSA) is 137 Å². The van der Waals surface area contributed by atoms with E-state index in [-0.39, 0.29) is 36.9 Å². The quantitative estimate of drug-likeness (QED) is 0.314. The van der Waals surface area contributed by atoms with E-state index < -0.39 is 17.9 Å². The SMILES string of the molecule is CC(C)(C)NC(=O)NCCCC(=O)NCC(=O)NC(CC(=O)O)c1ccc(-c2ccccc2)cc1. The molecule has 1 atom stereocenters. The molecule has 35 heavy (non-hydrogen) atoms. The lowest BCUT2D eigenvalue weighted by Gasteiger charge is -2.20. The Hall–Kier alpha value is -3.88. The highest BCUT2D eigenvalue weighted by Gasteiger charge is 2.19. The summed E-state index contributed by atoms with van der Waals surface area (Å²) >= 11 is 0. The number of nitrogens with one attached hydrogen (secondary N) is 4. The minimum Gasteiger partial charge on any atom is -0.481 e. The van der Waals surface area contributed by atoms with E-state index in [0.29, 0.717) is 18.5 Å². The molecular weight excluding hydrogens is 448 g/mol. The predicted molar refractivity (Wildman–Crippen MR) is 134 cm³/mol. The largest absolute Gasteiger partial charge is 0.481 e. The lowest BCUT2D eigenvalue weighted by molar-refractivity contribution is -0.138. The van der Waals surface area contributed by atoms with Crippen molar-refractivity contribution < 1.29 is 24.3 Å². The molecule has 0 saturated carbocycles. The van der Waals surface area contributed by atoms with Crippen LogP contribution in [0.25, 0.3) is 11.1 Å². The summed E-state index contributed by atoms with van der Waals surface area (Å²) in [6.45, 7) is 5.65. The van der Waals surface area contributed by atoms with Crippen molar-refractivity contribution in [3.05, 3.63) is 60.2 Å². The van der Waals surface area contributed by atoms with Crippen molar-refractivity contribution in [1.82, 2.24) is 21.3 Å². The molecule has 0 aliphatic heterocycles. The number of aliphatic carboxylic acids is 1. The van der Waals surface area contributed by atoms with Crippen molar-refractivity contribution in [1.29, 1.82) is 0 Å². The van der Waals surface area contributed by atoms with E-state index in [1.54, 1.807) is 12.1 Å². The molecule has 4 amide bonds. The molecule has 2 rings (SSSR count). The van der Waals surface area contributed by atoms with Crippen molar-refractivity contribution >= 4 is 23.8 Å². The predicted octanol–water partition coefficient (Wildman–Crippen LogP) is 2.98. The zero-order valence-electron chi connectivity index (χ0n) is 20.4. The van der Waals surface area contributed by atoms with Crippen LogP contribution in [0.15, 0.2) is 54.6 Å². The Balaban J connectivity index is 1.81. The molecule has 0 bridgehead atoms. The minimum absolute atomic E-state index is 0.141. The summed E-state index contributed by atoms with van der Waals surface area (Å²) in [7, 11) is 0. The Morgan fingerprint density at radius 2 is 1.49 bits per heavy atom. The first-order valence-electron chi connectivity index (χ1n) is 11.5. The van der Waals surface area contributed by atoms with E-state index in [0.717, 1.165) is 11.1 Å². The van der Waals surface area contributed by atoms with E-state index >= 15 is 0 Å². The van der Waals surface area contributed by atoms with Gasteiger partial charge in [0.1, 0.15) is 0 Å². The third-order valence-electron chi connectivity index (χ3n) is 4.93. The van der Waals surface area contributed by atoms with Crippen LogP contribution in [-0.2, 0) is 14.4 Å². The van der Waals surface area contributed by atoms with Crippen LogP contribution in [0.1, 0.15) is 51.6 Å². The first-order valence-corrected chi connectivity index (χ1v) is 11.5. The summed E-state index contributed by atoms with van der Waals surface area (Å²) in [4.78, 5) is 47.4. The second-order valence-electron chi connectivity index (χ2n) is 9.22. The molecule has 0 spiro atoms. The number of hydrogen-bond donors (Lipinski definition) is 5. The van der Waals surface area contributed by atoms with Gasteiger partial charge in [-0.3, -0.25) is 14.4 Å². The van der Waals surface area contributed by atoms with Gasteiger partial charge < -0.3 is 26.4 Å². The maximum absolute atomic E-state index is 12.4. The molecule has 0 fully saturated rings. The highest BCUT2D eigenvalue weighted by Crippen LogP contribution is 2.23. The summed E-state index contributed by atoms with van der Waals surface area (Å²) in [6.07, 6.45) is 0.273. The number of carbonyl (C=O) groups is 4. The molecule has 1 unspecified atom stereocenters. The molecule has 188 valence electrons. The summed E-state index contributed by atoms with van der Waals surface area (Å²) in [5.41, 5.74) is 2.32. The van der Waals surface area contributed by atoms with Gasteiger partial charge in [-0.1, -0.05) is 54.6 Å². The molecule has 0 aromatic heterocycles. The third kappa shape index (κ3) is 10.7. The van der Waals surface area contributed by atoms with Crippen molar-refractivity contribution in [2.24, 2.45) is 0 Å². The standard InChI is InChI=1S/C26H34N4O5/c1-26(2,3)30-25(35)27-15-7-10-22(31)28-17-23(32)29-21(16-24(33)34)20-13-11-19(12-14-20)18-8-5-4-6-9-18/h4-6,8-9,11-14,21H,7,10,15-17H2,1-3H3,(H,28,31)(H,29,32)(H,33,34)(H2,27,30,35). The van der Waals surface area contributed by atoms with Gasteiger partial charge in [-0.05, 0) is 43.9 Å². The Kier molecular flexibility index (Phi) is 10.3. The van der Waals surface area contributed by atoms with Crippen LogP contribution in [0.2, 0.25) is 0 Å². The van der Waals surface area contributed by atoms with Crippen LogP contribution in [0.4, 0.5) is 4.79 Å². The second-order valence-corrected chi connectivity index (χ2v) is 9.22. The Bertz CT molecular complexity index is 1000. The van der Waals surface area contributed by atoms with Crippen molar-refractivity contribution in [2.75, 3.05) is 13.1 Å². The zero-order valence-corrected chi connectivity index (χ0v) is 20.4. The molecule has 0 saturated heterocycles. The lowest BCUT2D eigenvalue weighted by atomic mass is 9.99. The first kappa shape index (κ1) is 27.4. The van der Waals surface area contributed by atoms with Gasteiger partial charge in [-0.25, -0.2) is 4.79 Å². The van der Waals surface area contributed by atoms with Crippen molar-refractivity contribution in [3.63, 3.8) is 0 Å². The van der Waals surface area contributed by atoms with E-state index in [9.17, 15) is 24.3 Å². The molecule has 2 aromatic carbocycles. The molecule has 0 radical (unpaired) electrons. The first-order chi connectivity index (χ1) is 16.5. The maximum Gasteiger partial charge on any atom is 0.315 e. The smallest absolute Gasteiger partial charge is 0.315 e. The molecule has 9 heteroatoms. The van der Waals surface area contributed by atoms with Crippen LogP contribution in [0, 0.1) is 0 Å². The van der Waals surface area contributed by atoms with Gasteiger partial charge in [0.25, 0.3) is 0 Å². The molecule has 0 aliphatic rings. The monoisotopic (exact) mass is 482 g/mol.